The van der Waals surface area contributed by atoms with E-state index in [1.165, 1.54) is 0 Å². The maximum atomic E-state index is 12.1. The first-order chi connectivity index (χ1) is 15.0. The first kappa shape index (κ1) is 27.5. The molecule has 23 heteroatoms. The minimum Gasteiger partial charge on any atom is -0.387 e. The number of azide groups is 1. The summed E-state index contributed by atoms with van der Waals surface area (Å²) in [4.78, 5) is 63.5. The molecule has 2 heterocycles. The summed E-state index contributed by atoms with van der Waals surface area (Å²) in [5, 5.41) is 13.8. The molecule has 186 valence electrons. The summed E-state index contributed by atoms with van der Waals surface area (Å²) in [5.74, 6) is -2.47. The van der Waals surface area contributed by atoms with Gasteiger partial charge in [-0.3, -0.25) is 18.9 Å². The molecule has 6 atom stereocenters. The molecule has 0 spiro atoms. The molecular weight excluding hydrogens is 523 g/mol. The molecule has 1 aromatic rings. The van der Waals surface area contributed by atoms with E-state index in [0.717, 1.165) is 19.4 Å². The Balaban J connectivity index is 2.32. The number of nitrogens with zero attached hydrogens (tertiary/aromatic N) is 4. The standard InChI is InChI=1S/C10H16N5O15P3/c1-26-10(4-27-32(22,23)30-33(24,25)29-31(19,20)21)7(17)6(13-14-11)8(28-10)15-3-2-5(16)12-9(15)18/h2-3,6-8,17H,4H2,1H3,(H,22,23)(H,24,25)(H,12,16,18)(H2,19,20,21)/t6?,7-,8+,10+/m0/s1. The quantitative estimate of drug-likeness (QED) is 0.0879. The first-order valence-electron chi connectivity index (χ1n) is 8.10. The zero-order valence-electron chi connectivity index (χ0n) is 16.0. The zero-order chi connectivity index (χ0) is 25.2. The number of hydrogen-bond donors (Lipinski definition) is 6. The lowest BCUT2D eigenvalue weighted by atomic mass is 10.1. The van der Waals surface area contributed by atoms with Crippen molar-refractivity contribution in [1.82, 2.24) is 9.55 Å². The normalized spacial score (nSPS) is 29.1. The fraction of sp³-hybridized carbons (Fsp3) is 0.600. The van der Waals surface area contributed by atoms with Gasteiger partial charge in [-0.2, -0.15) is 8.62 Å². The summed E-state index contributed by atoms with van der Waals surface area (Å²) in [6, 6.07) is -0.744. The van der Waals surface area contributed by atoms with E-state index in [2.05, 4.69) is 23.2 Å². The number of H-pyrrole nitrogens is 1. The molecule has 0 radical (unpaired) electrons. The number of aromatic amines is 1. The van der Waals surface area contributed by atoms with Crippen molar-refractivity contribution in [3.8, 4) is 0 Å². The van der Waals surface area contributed by atoms with Crippen molar-refractivity contribution in [2.45, 2.75) is 24.2 Å². The third kappa shape index (κ3) is 6.89. The molecule has 6 N–H and O–H groups in total. The average molecular weight is 539 g/mol. The van der Waals surface area contributed by atoms with Crippen LogP contribution in [0.4, 0.5) is 0 Å². The summed E-state index contributed by atoms with van der Waals surface area (Å²) in [5.41, 5.74) is 6.93. The van der Waals surface area contributed by atoms with E-state index in [-0.39, 0.29) is 0 Å². The van der Waals surface area contributed by atoms with Crippen LogP contribution in [0, 0.1) is 0 Å². The number of rotatable bonds is 10. The Morgan fingerprint density at radius 1 is 1.24 bits per heavy atom. The molecule has 0 bridgehead atoms. The number of aliphatic hydroxyl groups excluding tert-OH is 1. The Morgan fingerprint density at radius 3 is 2.39 bits per heavy atom. The molecule has 0 amide bonds. The second kappa shape index (κ2) is 9.87. The summed E-state index contributed by atoms with van der Waals surface area (Å²) in [6.07, 6.45) is -2.73. The second-order valence-corrected chi connectivity index (χ2v) is 10.5. The number of hydrogen-bond acceptors (Lipinski definition) is 12. The third-order valence-corrected chi connectivity index (χ3v) is 7.67. The van der Waals surface area contributed by atoms with E-state index >= 15 is 0 Å². The van der Waals surface area contributed by atoms with Crippen LogP contribution in [-0.2, 0) is 36.3 Å². The summed E-state index contributed by atoms with van der Waals surface area (Å²) in [7, 11) is -16.2. The van der Waals surface area contributed by atoms with Gasteiger partial charge in [0.2, 0.25) is 5.79 Å². The second-order valence-electron chi connectivity index (χ2n) is 6.05. The number of aromatic nitrogens is 2. The van der Waals surface area contributed by atoms with Gasteiger partial charge in [0.15, 0.2) is 6.23 Å². The highest BCUT2D eigenvalue weighted by Gasteiger charge is 2.57. The smallest absolute Gasteiger partial charge is 0.387 e. The van der Waals surface area contributed by atoms with Crippen molar-refractivity contribution in [1.29, 1.82) is 0 Å². The SMILES string of the molecule is CO[C@]1(COP(=O)(O)OP(=O)(O)OP(=O)(O)O)O[C@@H](n2ccc(=O)[nH]c2=O)C(N=[N+]=[N-])[C@@H]1O. The van der Waals surface area contributed by atoms with Gasteiger partial charge < -0.3 is 34.2 Å². The predicted molar refractivity (Wildman–Crippen MR) is 99.9 cm³/mol. The lowest BCUT2D eigenvalue weighted by Gasteiger charge is -2.30. The molecule has 1 aliphatic heterocycles. The minimum absolute atomic E-state index is 0.690. The number of phosphoric acid groups is 3. The third-order valence-electron chi connectivity index (χ3n) is 3.89. The largest absolute Gasteiger partial charge is 0.490 e. The molecule has 1 aliphatic rings. The summed E-state index contributed by atoms with van der Waals surface area (Å²) < 4.78 is 56.6. The Kier molecular flexibility index (Phi) is 8.23. The molecule has 1 fully saturated rings. The molecule has 3 unspecified atom stereocenters. The fourth-order valence-electron chi connectivity index (χ4n) is 2.61. The van der Waals surface area contributed by atoms with Crippen LogP contribution in [0.25, 0.3) is 10.4 Å². The van der Waals surface area contributed by atoms with E-state index in [4.69, 9.17) is 24.8 Å². The van der Waals surface area contributed by atoms with Gasteiger partial charge in [-0.25, -0.2) is 18.5 Å². The molecule has 20 nitrogen and oxygen atoms in total. The molecule has 0 aromatic carbocycles. The fourth-order valence-corrected chi connectivity index (χ4v) is 5.65. The molecule has 1 saturated heterocycles. The zero-order valence-corrected chi connectivity index (χ0v) is 18.7. The monoisotopic (exact) mass is 539 g/mol. The van der Waals surface area contributed by atoms with Crippen LogP contribution >= 0.6 is 23.5 Å². The number of nitrogens with one attached hydrogen (secondary N) is 1. The predicted octanol–water partition coefficient (Wildman–Crippen LogP) is -1.21. The Hall–Kier alpha value is -1.72. The molecule has 0 saturated carbocycles. The maximum Gasteiger partial charge on any atom is 0.490 e. The van der Waals surface area contributed by atoms with E-state index < -0.39 is 65.5 Å². The van der Waals surface area contributed by atoms with Crippen LogP contribution in [0.2, 0.25) is 0 Å². The molecule has 1 aromatic heterocycles. The van der Waals surface area contributed by atoms with Crippen LogP contribution in [0.1, 0.15) is 6.23 Å². The van der Waals surface area contributed by atoms with Crippen molar-refractivity contribution in [2.24, 2.45) is 5.11 Å². The van der Waals surface area contributed by atoms with Gasteiger partial charge in [0.25, 0.3) is 5.56 Å². The van der Waals surface area contributed by atoms with Crippen molar-refractivity contribution < 1.29 is 61.0 Å². The highest BCUT2D eigenvalue weighted by atomic mass is 31.3. The van der Waals surface area contributed by atoms with Crippen LogP contribution < -0.4 is 11.2 Å². The van der Waals surface area contributed by atoms with Crippen molar-refractivity contribution in [2.75, 3.05) is 13.7 Å². The lowest BCUT2D eigenvalue weighted by molar-refractivity contribution is -0.267. The topological polar surface area (TPSA) is 302 Å². The minimum atomic E-state index is -5.83. The van der Waals surface area contributed by atoms with Crippen LogP contribution in [-0.4, -0.2) is 65.9 Å². The van der Waals surface area contributed by atoms with Gasteiger partial charge in [0.05, 0.1) is 0 Å². The maximum absolute atomic E-state index is 12.1. The van der Waals surface area contributed by atoms with Crippen LogP contribution in [0.5, 0.6) is 0 Å². The van der Waals surface area contributed by atoms with E-state index in [9.17, 15) is 38.2 Å². The van der Waals surface area contributed by atoms with Crippen molar-refractivity contribution in [3.05, 3.63) is 43.5 Å². The lowest BCUT2D eigenvalue weighted by Crippen LogP contribution is -2.48. The van der Waals surface area contributed by atoms with Crippen molar-refractivity contribution >= 4 is 23.5 Å². The van der Waals surface area contributed by atoms with Gasteiger partial charge in [-0.1, -0.05) is 5.11 Å². The van der Waals surface area contributed by atoms with Gasteiger partial charge in [0, 0.05) is 24.3 Å². The van der Waals surface area contributed by atoms with Crippen LogP contribution in [0.3, 0.4) is 0 Å². The highest BCUT2D eigenvalue weighted by Crippen LogP contribution is 2.66. The molecule has 0 aliphatic carbocycles. The summed E-state index contributed by atoms with van der Waals surface area (Å²) >= 11 is 0. The van der Waals surface area contributed by atoms with Crippen molar-refractivity contribution in [3.63, 3.8) is 0 Å². The van der Waals surface area contributed by atoms with E-state index in [0.29, 0.717) is 4.57 Å². The number of phosphoric ester groups is 1. The van der Waals surface area contributed by atoms with Gasteiger partial charge in [-0.05, 0) is 5.53 Å². The number of ether oxygens (including phenoxy) is 2. The van der Waals surface area contributed by atoms with Gasteiger partial charge in [-0.15, -0.1) is 0 Å². The summed E-state index contributed by atoms with van der Waals surface area (Å²) in [6.45, 7) is -1.29. The number of aliphatic hydroxyl groups is 1. The van der Waals surface area contributed by atoms with E-state index in [1.54, 1.807) is 0 Å². The Morgan fingerprint density at radius 2 is 1.88 bits per heavy atom. The van der Waals surface area contributed by atoms with Gasteiger partial charge >= 0.3 is 29.2 Å². The van der Waals surface area contributed by atoms with Gasteiger partial charge in [0.1, 0.15) is 18.8 Å². The first-order valence-corrected chi connectivity index (χ1v) is 12.6. The molecular formula is C10H16N5O15P3. The highest BCUT2D eigenvalue weighted by molar-refractivity contribution is 7.66. The van der Waals surface area contributed by atoms with Crippen LogP contribution in [0.15, 0.2) is 27.0 Å². The Labute approximate surface area is 181 Å². The molecule has 2 rings (SSSR count). The average Bonchev–Trinajstić information content (AvgIpc) is 2.90. The Bertz CT molecular complexity index is 1190. The molecule has 33 heavy (non-hydrogen) atoms. The van der Waals surface area contributed by atoms with E-state index in [1.807, 2.05) is 4.98 Å². The number of methoxy groups -OCH3 is 1.